The molecule has 0 spiro atoms. The number of aromatic amines is 1. The number of hydrogen-bond donors (Lipinski definition) is 2. The Balaban J connectivity index is 2.16. The van der Waals surface area contributed by atoms with Gasteiger partial charge in [-0.1, -0.05) is 25.1 Å². The molecule has 0 radical (unpaired) electrons. The fourth-order valence-electron chi connectivity index (χ4n) is 4.96. The number of esters is 1. The summed E-state index contributed by atoms with van der Waals surface area (Å²) in [4.78, 5) is 16.7. The van der Waals surface area contributed by atoms with Gasteiger partial charge in [0.25, 0.3) is 0 Å². The van der Waals surface area contributed by atoms with Gasteiger partial charge in [-0.3, -0.25) is 4.79 Å². The lowest BCUT2D eigenvalue weighted by Crippen LogP contribution is -2.49. The van der Waals surface area contributed by atoms with Crippen molar-refractivity contribution in [3.63, 3.8) is 0 Å². The van der Waals surface area contributed by atoms with Crippen LogP contribution in [0.4, 0.5) is 0 Å². The van der Waals surface area contributed by atoms with Gasteiger partial charge in [0, 0.05) is 23.0 Å². The average Bonchev–Trinajstić information content (AvgIpc) is 3.12. The lowest BCUT2D eigenvalue weighted by atomic mass is 9.62. The first-order valence-corrected chi connectivity index (χ1v) is 9.76. The minimum Gasteiger partial charge on any atom is -0.624 e. The Morgan fingerprint density at radius 2 is 2.24 bits per heavy atom. The number of aliphatic hydroxyl groups excluding tert-OH is 1. The van der Waals surface area contributed by atoms with E-state index in [1.54, 1.807) is 0 Å². The molecule has 1 aliphatic carbocycles. The van der Waals surface area contributed by atoms with Crippen LogP contribution in [0.15, 0.2) is 35.4 Å². The largest absolute Gasteiger partial charge is 0.624 e. The van der Waals surface area contributed by atoms with Gasteiger partial charge in [0.2, 0.25) is 0 Å². The van der Waals surface area contributed by atoms with E-state index in [-0.39, 0.29) is 18.5 Å². The van der Waals surface area contributed by atoms with Gasteiger partial charge >= 0.3 is 5.97 Å². The number of H-pyrrole nitrogens is 1. The third-order valence-corrected chi connectivity index (χ3v) is 6.26. The van der Waals surface area contributed by atoms with E-state index in [4.69, 9.17) is 4.74 Å². The Kier molecular flexibility index (Phi) is 4.67. The van der Waals surface area contributed by atoms with Gasteiger partial charge in [-0.25, -0.2) is 4.74 Å². The third-order valence-electron chi connectivity index (χ3n) is 6.26. The number of benzene rings is 1. The second-order valence-corrected chi connectivity index (χ2v) is 7.64. The van der Waals surface area contributed by atoms with E-state index in [1.165, 1.54) is 13.3 Å². The summed E-state index contributed by atoms with van der Waals surface area (Å²) in [5.74, 6) is -1.16. The topological polar surface area (TPSA) is 112 Å². The summed E-state index contributed by atoms with van der Waals surface area (Å²) < 4.78 is 6.04. The summed E-state index contributed by atoms with van der Waals surface area (Å²) in [6, 6.07) is 9.85. The number of nitrogens with one attached hydrogen (secondary N) is 1. The highest BCUT2D eigenvalue weighted by Crippen LogP contribution is 2.49. The maximum absolute atomic E-state index is 13.3. The van der Waals surface area contributed by atoms with Crippen LogP contribution in [0.25, 0.3) is 10.9 Å². The summed E-state index contributed by atoms with van der Waals surface area (Å²) in [5.41, 5.74) is 1.56. The van der Waals surface area contributed by atoms with Crippen molar-refractivity contribution in [1.82, 2.24) is 4.98 Å². The van der Waals surface area contributed by atoms with E-state index in [2.05, 4.69) is 11.1 Å². The Hall–Kier alpha value is -3.11. The van der Waals surface area contributed by atoms with E-state index in [0.29, 0.717) is 24.1 Å². The molecule has 3 atom stereocenters. The Morgan fingerprint density at radius 3 is 2.93 bits per heavy atom. The van der Waals surface area contributed by atoms with Gasteiger partial charge in [0.05, 0.1) is 30.8 Å². The number of hydroxylamine groups is 1. The zero-order valence-corrected chi connectivity index (χ0v) is 16.4. The molecule has 1 aromatic heterocycles. The second-order valence-electron chi connectivity index (χ2n) is 7.64. The van der Waals surface area contributed by atoms with Crippen LogP contribution in [0, 0.1) is 22.5 Å². The second kappa shape index (κ2) is 7.05. The molecule has 0 fully saturated rings. The summed E-state index contributed by atoms with van der Waals surface area (Å²) in [6.45, 7) is 2.03. The highest BCUT2D eigenvalue weighted by atomic mass is 16.5. The van der Waals surface area contributed by atoms with Crippen LogP contribution >= 0.6 is 0 Å². The van der Waals surface area contributed by atoms with E-state index in [9.17, 15) is 20.4 Å². The molecular weight excluding hydrogens is 370 g/mol. The molecule has 0 saturated heterocycles. The van der Waals surface area contributed by atoms with E-state index >= 15 is 0 Å². The monoisotopic (exact) mass is 393 g/mol. The number of nitrogens with zero attached hydrogens (tertiary/aromatic N) is 2. The molecule has 2 heterocycles. The van der Waals surface area contributed by atoms with Crippen LogP contribution in [0.2, 0.25) is 0 Å². The minimum atomic E-state index is -1.39. The van der Waals surface area contributed by atoms with E-state index in [0.717, 1.165) is 21.2 Å². The van der Waals surface area contributed by atoms with Crippen molar-refractivity contribution < 1.29 is 19.4 Å². The maximum Gasteiger partial charge on any atom is 0.323 e. The van der Waals surface area contributed by atoms with Crippen molar-refractivity contribution in [2.45, 2.75) is 37.7 Å². The number of methoxy groups -OCH3 is 1. The number of carbonyl (C=O) groups is 1. The number of rotatable bonds is 2. The molecule has 0 amide bonds. The summed E-state index contributed by atoms with van der Waals surface area (Å²) in [6.07, 6.45) is 1.34. The number of aromatic nitrogens is 1. The van der Waals surface area contributed by atoms with Crippen molar-refractivity contribution in [1.29, 1.82) is 5.26 Å². The van der Waals surface area contributed by atoms with Gasteiger partial charge in [-0.2, -0.15) is 5.26 Å². The Labute approximate surface area is 168 Å². The summed E-state index contributed by atoms with van der Waals surface area (Å²) >= 11 is 0. The van der Waals surface area contributed by atoms with Crippen molar-refractivity contribution in [3.8, 4) is 6.07 Å². The Morgan fingerprint density at radius 1 is 1.48 bits per heavy atom. The van der Waals surface area contributed by atoms with Gasteiger partial charge in [0.15, 0.2) is 12.8 Å². The smallest absolute Gasteiger partial charge is 0.323 e. The number of carbonyl (C=O) groups excluding carboxylic acids is 1. The number of ether oxygens (including phenoxy) is 1. The number of aliphatic hydroxyl groups is 1. The molecular formula is C22H23N3O4. The zero-order valence-electron chi connectivity index (χ0n) is 16.4. The van der Waals surface area contributed by atoms with E-state index in [1.807, 2.05) is 31.2 Å². The first-order valence-electron chi connectivity index (χ1n) is 9.76. The molecule has 150 valence electrons. The lowest BCUT2D eigenvalue weighted by Gasteiger charge is -2.40. The van der Waals surface area contributed by atoms with Crippen LogP contribution in [-0.2, 0) is 21.4 Å². The molecule has 2 aromatic rings. The van der Waals surface area contributed by atoms with Crippen molar-refractivity contribution >= 4 is 23.1 Å². The van der Waals surface area contributed by atoms with Gasteiger partial charge in [-0.15, -0.1) is 0 Å². The Bertz CT molecular complexity index is 1090. The molecule has 0 saturated carbocycles. The fourth-order valence-corrected chi connectivity index (χ4v) is 4.96. The minimum absolute atomic E-state index is 0.0891. The molecule has 2 aliphatic rings. The predicted molar refractivity (Wildman–Crippen MR) is 107 cm³/mol. The summed E-state index contributed by atoms with van der Waals surface area (Å²) in [5, 5.41) is 34.4. The molecule has 7 heteroatoms. The highest BCUT2D eigenvalue weighted by molar-refractivity contribution is 5.94. The van der Waals surface area contributed by atoms with E-state index < -0.39 is 23.4 Å². The van der Waals surface area contributed by atoms with Crippen molar-refractivity contribution in [2.24, 2.45) is 5.92 Å². The van der Waals surface area contributed by atoms with Gasteiger partial charge < -0.3 is 20.0 Å². The predicted octanol–water partition coefficient (Wildman–Crippen LogP) is 2.33. The number of hydrogen-bond acceptors (Lipinski definition) is 5. The summed E-state index contributed by atoms with van der Waals surface area (Å²) in [7, 11) is 1.30. The quantitative estimate of drug-likeness (QED) is 0.462. The molecule has 2 bridgehead atoms. The van der Waals surface area contributed by atoms with Crippen LogP contribution in [0.1, 0.15) is 31.0 Å². The van der Waals surface area contributed by atoms with Crippen LogP contribution in [0.5, 0.6) is 0 Å². The number of nitriles is 1. The first-order chi connectivity index (χ1) is 14.0. The third kappa shape index (κ3) is 2.67. The lowest BCUT2D eigenvalue weighted by molar-refractivity contribution is -0.454. The first kappa shape index (κ1) is 19.2. The molecule has 4 rings (SSSR count). The molecule has 1 aliphatic heterocycles. The molecule has 7 nitrogen and oxygen atoms in total. The number of para-hydroxylation sites is 1. The zero-order chi connectivity index (χ0) is 20.8. The van der Waals surface area contributed by atoms with Crippen molar-refractivity contribution in [2.75, 3.05) is 13.7 Å². The van der Waals surface area contributed by atoms with Crippen LogP contribution in [0.3, 0.4) is 0 Å². The molecule has 1 aromatic carbocycles. The molecule has 2 N–H and O–H groups in total. The molecule has 29 heavy (non-hydrogen) atoms. The highest BCUT2D eigenvalue weighted by Gasteiger charge is 2.55. The fraction of sp³-hybridized carbons (Fsp3) is 0.409. The van der Waals surface area contributed by atoms with Crippen LogP contribution in [-0.4, -0.2) is 46.8 Å². The standard InChI is InChI=1S/C22H23N3O4/c1-3-14-17(11-23)22(21(27)29-2)10-13(19(14)26)12-25(28)9-8-16-15-6-4-5-7-18(15)24-20(16)22/h4-7,12-13,19,24,26H,3,8-10H2,1-2H3/b25-12-. The number of fused-ring (bicyclic) bond motifs is 6. The SMILES string of the molecule is CCC1=C(C#N)C2(C(=O)OC)CC(/C=[N+](\[O-])CCc3c2[nH]c2ccccc32)C1O. The van der Waals surface area contributed by atoms with Gasteiger partial charge in [0.1, 0.15) is 5.41 Å². The average molecular weight is 393 g/mol. The van der Waals surface area contributed by atoms with Crippen molar-refractivity contribution in [3.05, 3.63) is 51.9 Å². The molecule has 3 unspecified atom stereocenters. The normalized spacial score (nSPS) is 28.4. The van der Waals surface area contributed by atoms with Crippen LogP contribution < -0.4 is 0 Å². The maximum atomic E-state index is 13.3. The van der Waals surface area contributed by atoms with Gasteiger partial charge in [-0.05, 0) is 30.0 Å².